The molecule has 7 nitrogen and oxygen atoms in total. The van der Waals surface area contributed by atoms with Crippen LogP contribution in [0, 0.1) is 18.8 Å². The van der Waals surface area contributed by atoms with E-state index in [4.69, 9.17) is 9.84 Å². The monoisotopic (exact) mass is 465 g/mol. The molecule has 2 N–H and O–H groups in total. The van der Waals surface area contributed by atoms with Crippen molar-refractivity contribution in [2.45, 2.75) is 38.0 Å². The number of sulfonamides is 1. The molecule has 0 saturated carbocycles. The van der Waals surface area contributed by atoms with E-state index >= 15 is 0 Å². The number of benzene rings is 2. The van der Waals surface area contributed by atoms with Crippen molar-refractivity contribution < 1.29 is 18.3 Å². The van der Waals surface area contributed by atoms with Gasteiger partial charge in [0.1, 0.15) is 12.9 Å². The van der Waals surface area contributed by atoms with E-state index in [9.17, 15) is 8.42 Å². The number of aromatic nitrogens is 2. The molecular weight excluding hydrogens is 438 g/mol. The van der Waals surface area contributed by atoms with Gasteiger partial charge < -0.3 is 9.84 Å². The fourth-order valence-electron chi connectivity index (χ4n) is 3.27. The maximum Gasteiger partial charge on any atom is 0.263 e. The average molecular weight is 466 g/mol. The number of nitrogens with one attached hydrogen (secondary N) is 1. The summed E-state index contributed by atoms with van der Waals surface area (Å²) < 4.78 is 35.1. The zero-order valence-electron chi connectivity index (χ0n) is 18.7. The van der Waals surface area contributed by atoms with Crippen molar-refractivity contribution in [1.82, 2.24) is 9.97 Å². The number of rotatable bonds is 9. The number of aliphatic hydroxyl groups excluding tert-OH is 1. The Balaban J connectivity index is 2.04. The smallest absolute Gasteiger partial charge is 0.263 e. The van der Waals surface area contributed by atoms with Crippen molar-refractivity contribution in [3.63, 3.8) is 0 Å². The van der Waals surface area contributed by atoms with E-state index in [0.29, 0.717) is 17.5 Å². The van der Waals surface area contributed by atoms with Crippen LogP contribution in [0.25, 0.3) is 11.1 Å². The quantitative estimate of drug-likeness (QED) is 0.464. The summed E-state index contributed by atoms with van der Waals surface area (Å²) in [6.45, 7) is 3.74. The van der Waals surface area contributed by atoms with Crippen LogP contribution in [0.15, 0.2) is 59.8 Å². The minimum atomic E-state index is -3.92. The van der Waals surface area contributed by atoms with Gasteiger partial charge in [0.2, 0.25) is 5.88 Å². The fraction of sp³-hybridized carbons (Fsp3) is 0.280. The molecule has 0 radical (unpaired) electrons. The van der Waals surface area contributed by atoms with Gasteiger partial charge in [0, 0.05) is 0 Å². The molecule has 0 aliphatic heterocycles. The molecule has 3 rings (SSSR count). The van der Waals surface area contributed by atoms with Crippen LogP contribution in [0.4, 0.5) is 5.82 Å². The molecule has 0 aliphatic carbocycles. The first-order chi connectivity index (χ1) is 16.0. The van der Waals surface area contributed by atoms with Crippen molar-refractivity contribution >= 4 is 15.8 Å². The van der Waals surface area contributed by atoms with Crippen LogP contribution >= 0.6 is 0 Å². The Morgan fingerprint density at radius 3 is 2.55 bits per heavy atom. The van der Waals surface area contributed by atoms with Crippen LogP contribution in [0.1, 0.15) is 30.9 Å². The van der Waals surface area contributed by atoms with Crippen molar-refractivity contribution in [2.24, 2.45) is 0 Å². The molecule has 0 fully saturated rings. The lowest BCUT2D eigenvalue weighted by molar-refractivity contribution is 0.345. The molecule has 0 bridgehead atoms. The first kappa shape index (κ1) is 24.2. The summed E-state index contributed by atoms with van der Waals surface area (Å²) in [6.07, 6.45) is 3.76. The second-order valence-electron chi connectivity index (χ2n) is 7.39. The van der Waals surface area contributed by atoms with Gasteiger partial charge in [0.15, 0.2) is 12.4 Å². The molecular formula is C25H27N3O4S. The lowest BCUT2D eigenvalue weighted by Gasteiger charge is -2.16. The van der Waals surface area contributed by atoms with Crippen molar-refractivity contribution in [2.75, 3.05) is 17.9 Å². The number of hydrogen-bond donors (Lipinski definition) is 2. The average Bonchev–Trinajstić information content (AvgIpc) is 2.81. The van der Waals surface area contributed by atoms with Gasteiger partial charge in [-0.2, -0.15) is 0 Å². The highest BCUT2D eigenvalue weighted by Crippen LogP contribution is 2.35. The zero-order chi connectivity index (χ0) is 23.7. The van der Waals surface area contributed by atoms with E-state index in [0.717, 1.165) is 24.0 Å². The Morgan fingerprint density at radius 2 is 1.82 bits per heavy atom. The molecule has 0 spiro atoms. The third-order valence-electron chi connectivity index (χ3n) is 4.93. The van der Waals surface area contributed by atoms with Crippen LogP contribution in [-0.2, 0) is 16.4 Å². The van der Waals surface area contributed by atoms with E-state index in [1.807, 2.05) is 43.3 Å². The van der Waals surface area contributed by atoms with Crippen LogP contribution in [0.2, 0.25) is 0 Å². The van der Waals surface area contributed by atoms with Crippen molar-refractivity contribution in [3.05, 3.63) is 66.0 Å². The Hall–Kier alpha value is -3.41. The number of aliphatic hydroxyl groups is 1. The summed E-state index contributed by atoms with van der Waals surface area (Å²) in [7, 11) is -3.92. The summed E-state index contributed by atoms with van der Waals surface area (Å²) >= 11 is 0. The molecule has 8 heteroatoms. The molecule has 2 aromatic carbocycles. The Kier molecular flexibility index (Phi) is 8.41. The second kappa shape index (κ2) is 11.5. The van der Waals surface area contributed by atoms with E-state index in [1.54, 1.807) is 12.1 Å². The topological polar surface area (TPSA) is 101 Å². The van der Waals surface area contributed by atoms with Gasteiger partial charge in [-0.3, -0.25) is 4.72 Å². The molecule has 1 heterocycles. The van der Waals surface area contributed by atoms with E-state index in [1.165, 1.54) is 6.33 Å². The number of nitrogens with zero attached hydrogens (tertiary/aromatic N) is 2. The molecule has 0 unspecified atom stereocenters. The maximum atomic E-state index is 13.4. The van der Waals surface area contributed by atoms with Gasteiger partial charge in [-0.15, -0.1) is 0 Å². The SMILES string of the molecule is CCCCc1ccccc1S(=O)(=O)Nc1ncnc(OCC#CCO)c1-c1ccc(C)cc1. The van der Waals surface area contributed by atoms with E-state index in [-0.39, 0.29) is 29.8 Å². The highest BCUT2D eigenvalue weighted by atomic mass is 32.2. The van der Waals surface area contributed by atoms with Gasteiger partial charge in [0.25, 0.3) is 10.0 Å². The number of anilines is 1. The molecule has 3 aromatic rings. The number of aryl methyl sites for hydroxylation is 2. The first-order valence-electron chi connectivity index (χ1n) is 10.7. The molecule has 0 saturated heterocycles. The van der Waals surface area contributed by atoms with Crippen LogP contribution in [0.5, 0.6) is 5.88 Å². The summed E-state index contributed by atoms with van der Waals surface area (Å²) in [4.78, 5) is 8.65. The van der Waals surface area contributed by atoms with Crippen LogP contribution in [0.3, 0.4) is 0 Å². The van der Waals surface area contributed by atoms with Crippen molar-refractivity contribution in [1.29, 1.82) is 0 Å². The fourth-order valence-corrected chi connectivity index (χ4v) is 4.56. The van der Waals surface area contributed by atoms with Gasteiger partial charge in [-0.25, -0.2) is 18.4 Å². The predicted molar refractivity (Wildman–Crippen MR) is 128 cm³/mol. The molecule has 0 atom stereocenters. The maximum absolute atomic E-state index is 13.4. The predicted octanol–water partition coefficient (Wildman–Crippen LogP) is 3.97. The van der Waals surface area contributed by atoms with Gasteiger partial charge in [-0.1, -0.05) is 73.2 Å². The second-order valence-corrected chi connectivity index (χ2v) is 9.04. The summed E-state index contributed by atoms with van der Waals surface area (Å²) in [5.74, 6) is 5.49. The third-order valence-corrected chi connectivity index (χ3v) is 6.37. The van der Waals surface area contributed by atoms with Crippen LogP contribution < -0.4 is 9.46 Å². The highest BCUT2D eigenvalue weighted by Gasteiger charge is 2.23. The van der Waals surface area contributed by atoms with Gasteiger partial charge in [-0.05, 0) is 37.0 Å². The molecule has 172 valence electrons. The third kappa shape index (κ3) is 6.31. The Labute approximate surface area is 194 Å². The molecule has 0 aliphatic rings. The summed E-state index contributed by atoms with van der Waals surface area (Å²) in [5.41, 5.74) is 2.92. The molecule has 1 aromatic heterocycles. The summed E-state index contributed by atoms with van der Waals surface area (Å²) in [5, 5.41) is 8.85. The molecule has 0 amide bonds. The first-order valence-corrected chi connectivity index (χ1v) is 12.2. The zero-order valence-corrected chi connectivity index (χ0v) is 19.5. The van der Waals surface area contributed by atoms with Gasteiger partial charge >= 0.3 is 0 Å². The lowest BCUT2D eigenvalue weighted by atomic mass is 10.1. The minimum absolute atomic E-state index is 0.0114. The van der Waals surface area contributed by atoms with Crippen molar-refractivity contribution in [3.8, 4) is 28.8 Å². The van der Waals surface area contributed by atoms with E-state index in [2.05, 4.69) is 33.5 Å². The lowest BCUT2D eigenvalue weighted by Crippen LogP contribution is -2.17. The van der Waals surface area contributed by atoms with E-state index < -0.39 is 10.0 Å². The Morgan fingerprint density at radius 1 is 1.06 bits per heavy atom. The van der Waals surface area contributed by atoms with Crippen LogP contribution in [-0.4, -0.2) is 36.7 Å². The Bertz CT molecular complexity index is 1250. The standard InChI is InChI=1S/C25H27N3O4S/c1-3-4-9-20-10-5-6-11-22(20)33(30,31)28-24-23(21-14-12-19(2)13-15-21)25(27-18-26-24)32-17-8-7-16-29/h5-6,10-15,18,29H,3-4,9,16-17H2,1-2H3,(H,26,27,28). The summed E-state index contributed by atoms with van der Waals surface area (Å²) in [6, 6.07) is 14.5. The number of unbranched alkanes of at least 4 members (excludes halogenated alkanes) is 1. The number of hydrogen-bond acceptors (Lipinski definition) is 6. The molecule has 33 heavy (non-hydrogen) atoms. The highest BCUT2D eigenvalue weighted by molar-refractivity contribution is 7.92. The minimum Gasteiger partial charge on any atom is -0.464 e. The largest absolute Gasteiger partial charge is 0.464 e. The van der Waals surface area contributed by atoms with Gasteiger partial charge in [0.05, 0.1) is 10.5 Å². The number of ether oxygens (including phenoxy) is 1. The normalized spacial score (nSPS) is 10.9.